The molecule has 2 heterocycles. The van der Waals surface area contributed by atoms with Gasteiger partial charge in [-0.2, -0.15) is 13.4 Å². The lowest BCUT2D eigenvalue weighted by Gasteiger charge is -2.23. The summed E-state index contributed by atoms with van der Waals surface area (Å²) in [6.45, 7) is 2.27. The number of aromatic nitrogens is 3. The van der Waals surface area contributed by atoms with Gasteiger partial charge in [0.2, 0.25) is 11.8 Å². The molecule has 0 saturated heterocycles. The zero-order chi connectivity index (χ0) is 28.7. The molecular formula is C28H33N7O4S. The van der Waals surface area contributed by atoms with Gasteiger partial charge in [-0.3, -0.25) is 0 Å². The fraction of sp³-hybridized carbons (Fsp3) is 0.250. The molecule has 0 spiro atoms. The Morgan fingerprint density at radius 1 is 0.875 bits per heavy atom. The molecule has 0 fully saturated rings. The van der Waals surface area contributed by atoms with Crippen LogP contribution in [0.25, 0.3) is 0 Å². The van der Waals surface area contributed by atoms with Crippen LogP contribution in [0.2, 0.25) is 0 Å². The van der Waals surface area contributed by atoms with Crippen molar-refractivity contribution in [2.45, 2.75) is 19.8 Å². The first-order valence-electron chi connectivity index (χ1n) is 12.6. The van der Waals surface area contributed by atoms with Crippen LogP contribution in [0.3, 0.4) is 0 Å². The maximum atomic E-state index is 11.1. The Kier molecular flexibility index (Phi) is 9.15. The number of aryl methyl sites for hydroxylation is 1. The number of anilines is 4. The largest absolute Gasteiger partial charge is 0.497 e. The molecule has 40 heavy (non-hydrogen) atoms. The van der Waals surface area contributed by atoms with Crippen LogP contribution in [0.5, 0.6) is 17.4 Å². The predicted octanol–water partition coefficient (Wildman–Crippen LogP) is 4.11. The number of nitrogens with zero attached hydrogens (tertiary/aromatic N) is 5. The Balaban J connectivity index is 1.61. The van der Waals surface area contributed by atoms with E-state index in [1.54, 1.807) is 7.11 Å². The fourth-order valence-electron chi connectivity index (χ4n) is 3.84. The first-order valence-corrected chi connectivity index (χ1v) is 14.2. The van der Waals surface area contributed by atoms with Crippen LogP contribution < -0.4 is 29.1 Å². The molecule has 0 atom stereocenters. The molecule has 11 nitrogen and oxygen atoms in total. The summed E-state index contributed by atoms with van der Waals surface area (Å²) in [6, 6.07) is 18.8. The third-order valence-corrected chi connectivity index (χ3v) is 6.83. The average Bonchev–Trinajstić information content (AvgIpc) is 2.96. The van der Waals surface area contributed by atoms with Gasteiger partial charge in [0.15, 0.2) is 0 Å². The molecule has 0 unspecified atom stereocenters. The highest BCUT2D eigenvalue weighted by Crippen LogP contribution is 2.33. The van der Waals surface area contributed by atoms with Gasteiger partial charge in [0, 0.05) is 50.9 Å². The summed E-state index contributed by atoms with van der Waals surface area (Å²) in [5.41, 5.74) is 3.69. The van der Waals surface area contributed by atoms with Gasteiger partial charge >= 0.3 is 0 Å². The van der Waals surface area contributed by atoms with Crippen molar-refractivity contribution in [3.8, 4) is 17.4 Å². The monoisotopic (exact) mass is 563 g/mol. The lowest BCUT2D eigenvalue weighted by molar-refractivity contribution is 0.415. The molecule has 210 valence electrons. The summed E-state index contributed by atoms with van der Waals surface area (Å²) in [4.78, 5) is 17.6. The van der Waals surface area contributed by atoms with Crippen molar-refractivity contribution in [1.29, 1.82) is 0 Å². The minimum atomic E-state index is -3.72. The first kappa shape index (κ1) is 28.7. The van der Waals surface area contributed by atoms with Crippen molar-refractivity contribution in [2.75, 3.05) is 37.5 Å². The maximum absolute atomic E-state index is 11.1. The van der Waals surface area contributed by atoms with Gasteiger partial charge in [0.1, 0.15) is 17.3 Å². The SMILES string of the molecule is CCc1cnc(N(C)c2cc(Oc3ccc(CCNS(N)(=O)=O)cc3)nc(N(C)c3ccc(OC)cc3)c2)nc1. The normalized spacial score (nSPS) is 11.2. The topological polar surface area (TPSA) is 136 Å². The number of hydrogen-bond acceptors (Lipinski definition) is 9. The van der Waals surface area contributed by atoms with E-state index in [9.17, 15) is 8.42 Å². The molecule has 2 aromatic carbocycles. The van der Waals surface area contributed by atoms with Crippen LogP contribution in [0.15, 0.2) is 73.1 Å². The molecule has 0 aliphatic rings. The van der Waals surface area contributed by atoms with Crippen molar-refractivity contribution in [2.24, 2.45) is 5.14 Å². The fourth-order valence-corrected chi connectivity index (χ4v) is 4.22. The number of nitrogens with two attached hydrogens (primary N) is 1. The van der Waals surface area contributed by atoms with E-state index in [2.05, 4.69) is 21.6 Å². The van der Waals surface area contributed by atoms with Crippen molar-refractivity contribution in [3.05, 3.63) is 84.2 Å². The quantitative estimate of drug-likeness (QED) is 0.261. The predicted molar refractivity (Wildman–Crippen MR) is 156 cm³/mol. The van der Waals surface area contributed by atoms with E-state index in [4.69, 9.17) is 19.6 Å². The highest BCUT2D eigenvalue weighted by molar-refractivity contribution is 7.87. The summed E-state index contributed by atoms with van der Waals surface area (Å²) in [6.07, 6.45) is 4.99. The second-order valence-corrected chi connectivity index (χ2v) is 10.4. The van der Waals surface area contributed by atoms with Gasteiger partial charge < -0.3 is 19.3 Å². The molecule has 0 aliphatic carbocycles. The molecule has 12 heteroatoms. The summed E-state index contributed by atoms with van der Waals surface area (Å²) in [5, 5.41) is 4.99. The zero-order valence-corrected chi connectivity index (χ0v) is 23.7. The van der Waals surface area contributed by atoms with E-state index in [0.29, 0.717) is 29.8 Å². The summed E-state index contributed by atoms with van der Waals surface area (Å²) < 4.78 is 35.9. The Hall–Kier alpha value is -4.26. The Bertz CT molecular complexity index is 1440. The molecular weight excluding hydrogens is 530 g/mol. The Morgan fingerprint density at radius 3 is 2.12 bits per heavy atom. The van der Waals surface area contributed by atoms with Gasteiger partial charge in [0.25, 0.3) is 10.2 Å². The summed E-state index contributed by atoms with van der Waals surface area (Å²) in [7, 11) is 1.73. The van der Waals surface area contributed by atoms with E-state index in [0.717, 1.165) is 34.7 Å². The zero-order valence-electron chi connectivity index (χ0n) is 22.9. The van der Waals surface area contributed by atoms with Crippen molar-refractivity contribution in [1.82, 2.24) is 19.7 Å². The maximum Gasteiger partial charge on any atom is 0.274 e. The number of methoxy groups -OCH3 is 1. The highest BCUT2D eigenvalue weighted by Gasteiger charge is 2.15. The van der Waals surface area contributed by atoms with Crippen molar-refractivity contribution < 1.29 is 17.9 Å². The minimum Gasteiger partial charge on any atom is -0.497 e. The van der Waals surface area contributed by atoms with Gasteiger partial charge in [-0.05, 0) is 60.4 Å². The first-order chi connectivity index (χ1) is 19.1. The summed E-state index contributed by atoms with van der Waals surface area (Å²) >= 11 is 0. The second-order valence-electron chi connectivity index (χ2n) is 9.02. The van der Waals surface area contributed by atoms with Crippen LogP contribution in [-0.4, -0.2) is 51.1 Å². The van der Waals surface area contributed by atoms with Crippen LogP contribution in [0, 0.1) is 0 Å². The van der Waals surface area contributed by atoms with E-state index >= 15 is 0 Å². The molecule has 0 radical (unpaired) electrons. The molecule has 4 rings (SSSR count). The standard InChI is InChI=1S/C28H33N7O4S/c1-5-20-18-30-28(31-19-20)35(3)23-16-26(34(2)22-8-12-24(38-4)13-9-22)33-27(17-23)39-25-10-6-21(7-11-25)14-15-32-40(29,36)37/h6-13,16-19,32H,5,14-15H2,1-4H3,(H2,29,36,37). The van der Waals surface area contributed by atoms with E-state index in [1.807, 2.05) is 97.0 Å². The van der Waals surface area contributed by atoms with E-state index in [-0.39, 0.29) is 6.54 Å². The molecule has 2 aromatic heterocycles. The van der Waals surface area contributed by atoms with Crippen LogP contribution in [0.4, 0.5) is 23.1 Å². The van der Waals surface area contributed by atoms with Gasteiger partial charge in [-0.15, -0.1) is 0 Å². The highest BCUT2D eigenvalue weighted by atomic mass is 32.2. The number of hydrogen-bond donors (Lipinski definition) is 2. The number of rotatable bonds is 12. The number of ether oxygens (including phenoxy) is 2. The van der Waals surface area contributed by atoms with Crippen molar-refractivity contribution in [3.63, 3.8) is 0 Å². The molecule has 0 bridgehead atoms. The molecule has 0 aliphatic heterocycles. The Morgan fingerprint density at radius 2 is 1.52 bits per heavy atom. The number of pyridine rings is 1. The molecule has 4 aromatic rings. The summed E-state index contributed by atoms with van der Waals surface area (Å²) in [5.74, 6) is 2.93. The van der Waals surface area contributed by atoms with Gasteiger partial charge in [-0.25, -0.2) is 19.8 Å². The smallest absolute Gasteiger partial charge is 0.274 e. The van der Waals surface area contributed by atoms with Crippen LogP contribution >= 0.6 is 0 Å². The minimum absolute atomic E-state index is 0.206. The molecule has 0 saturated carbocycles. The van der Waals surface area contributed by atoms with Gasteiger partial charge in [0.05, 0.1) is 12.8 Å². The van der Waals surface area contributed by atoms with Crippen molar-refractivity contribution >= 4 is 33.4 Å². The molecule has 0 amide bonds. The lowest BCUT2D eigenvalue weighted by Crippen LogP contribution is -2.32. The van der Waals surface area contributed by atoms with E-state index in [1.165, 1.54) is 0 Å². The molecule has 3 N–H and O–H groups in total. The second kappa shape index (κ2) is 12.7. The van der Waals surface area contributed by atoms with E-state index < -0.39 is 10.2 Å². The van der Waals surface area contributed by atoms with Crippen LogP contribution in [-0.2, 0) is 23.1 Å². The number of benzene rings is 2. The average molecular weight is 564 g/mol. The third-order valence-electron chi connectivity index (χ3n) is 6.23. The third kappa shape index (κ3) is 7.65. The Labute approximate surface area is 234 Å². The lowest BCUT2D eigenvalue weighted by atomic mass is 10.1. The number of nitrogens with one attached hydrogen (secondary N) is 1. The van der Waals surface area contributed by atoms with Crippen LogP contribution in [0.1, 0.15) is 18.1 Å². The van der Waals surface area contributed by atoms with Gasteiger partial charge in [-0.1, -0.05) is 19.1 Å².